The Labute approximate surface area is 74.6 Å². The Kier molecular flexibility index (Phi) is 14.0. The third-order valence-corrected chi connectivity index (χ3v) is 0.820. The van der Waals surface area contributed by atoms with Crippen LogP contribution in [0.4, 0.5) is 0 Å². The van der Waals surface area contributed by atoms with Gasteiger partial charge < -0.3 is 0 Å². The highest BCUT2D eigenvalue weighted by Crippen LogP contribution is 1.87. The Balaban J connectivity index is 0. The largest absolute Gasteiger partial charge is 0.298 e. The first-order chi connectivity index (χ1) is 5.93. The highest BCUT2D eigenvalue weighted by atomic mass is 16.1. The Morgan fingerprint density at radius 2 is 1.83 bits per heavy atom. The Morgan fingerprint density at radius 3 is 2.08 bits per heavy atom. The summed E-state index contributed by atoms with van der Waals surface area (Å²) in [5.74, 6) is 0. The number of carbonyl (C=O) groups excluding carboxylic acids is 1. The molecule has 0 spiro atoms. The second-order valence-corrected chi connectivity index (χ2v) is 1.40. The smallest absolute Gasteiger partial charge is 0.151 e. The van der Waals surface area contributed by atoms with Gasteiger partial charge in [0.05, 0.1) is 0 Å². The second-order valence-electron chi connectivity index (χ2n) is 1.40. The van der Waals surface area contributed by atoms with Gasteiger partial charge in [0.2, 0.25) is 0 Å². The molecule has 0 aliphatic carbocycles. The quantitative estimate of drug-likeness (QED) is 0.602. The summed E-state index contributed by atoms with van der Waals surface area (Å²) in [5, 5.41) is 0. The lowest BCUT2D eigenvalue weighted by atomic mass is 10.3. The van der Waals surface area contributed by atoms with E-state index in [1.807, 2.05) is 27.7 Å². The first kappa shape index (κ1) is 13.4. The topological polar surface area (TPSA) is 30.0 Å². The number of carbonyl (C=O) groups is 1. The molecule has 0 bridgehead atoms. The molecule has 0 fully saturated rings. The van der Waals surface area contributed by atoms with Gasteiger partial charge in [0.1, 0.15) is 0 Å². The molecule has 0 radical (unpaired) electrons. The van der Waals surface area contributed by atoms with Crippen molar-refractivity contribution in [2.75, 3.05) is 0 Å². The van der Waals surface area contributed by atoms with Crippen LogP contribution >= 0.6 is 0 Å². The molecule has 1 aromatic rings. The van der Waals surface area contributed by atoms with Gasteiger partial charge >= 0.3 is 0 Å². The van der Waals surface area contributed by atoms with Crippen LogP contribution in [-0.4, -0.2) is 11.3 Å². The van der Waals surface area contributed by atoms with Gasteiger partial charge in [-0.3, -0.25) is 9.78 Å². The third kappa shape index (κ3) is 6.93. The van der Waals surface area contributed by atoms with E-state index in [1.54, 1.807) is 18.3 Å². The molecule has 1 rings (SSSR count). The molecule has 2 nitrogen and oxygen atoms in total. The van der Waals surface area contributed by atoms with Crippen molar-refractivity contribution in [3.05, 3.63) is 30.1 Å². The number of hydrogen-bond donors (Lipinski definition) is 0. The van der Waals surface area contributed by atoms with Crippen molar-refractivity contribution in [1.29, 1.82) is 0 Å². The van der Waals surface area contributed by atoms with Crippen LogP contribution in [0, 0.1) is 0 Å². The van der Waals surface area contributed by atoms with Gasteiger partial charge in [0.25, 0.3) is 0 Å². The molecule has 1 heterocycles. The fraction of sp³-hybridized carbons (Fsp3) is 0.400. The summed E-state index contributed by atoms with van der Waals surface area (Å²) in [6.07, 6.45) is 3.92. The number of nitrogens with zero attached hydrogens (tertiary/aromatic N) is 1. The van der Waals surface area contributed by atoms with Crippen LogP contribution in [0.25, 0.3) is 0 Å². The number of hydrogen-bond acceptors (Lipinski definition) is 2. The molecule has 0 unspecified atom stereocenters. The van der Waals surface area contributed by atoms with Gasteiger partial charge in [-0.1, -0.05) is 27.7 Å². The maximum Gasteiger partial charge on any atom is 0.151 e. The van der Waals surface area contributed by atoms with Gasteiger partial charge in [-0.2, -0.15) is 0 Å². The lowest BCUT2D eigenvalue weighted by Crippen LogP contribution is -1.77. The van der Waals surface area contributed by atoms with Gasteiger partial charge in [0.15, 0.2) is 6.29 Å². The van der Waals surface area contributed by atoms with Crippen molar-refractivity contribution in [1.82, 2.24) is 4.98 Å². The van der Waals surface area contributed by atoms with E-state index in [2.05, 4.69) is 4.98 Å². The minimum absolute atomic E-state index is 0.618. The number of aldehydes is 1. The standard InChI is InChI=1S/C6H5NO.2C2H6/c8-5-6-2-1-3-7-4-6;2*1-2/h1-5H;2*1-2H3. The van der Waals surface area contributed by atoms with E-state index in [0.29, 0.717) is 5.56 Å². The molecule has 0 atom stereocenters. The molecule has 1 aromatic heterocycles. The van der Waals surface area contributed by atoms with Crippen LogP contribution in [0.2, 0.25) is 0 Å². The van der Waals surface area contributed by atoms with Crippen LogP contribution < -0.4 is 0 Å². The van der Waals surface area contributed by atoms with E-state index >= 15 is 0 Å². The molecule has 0 amide bonds. The molecule has 0 N–H and O–H groups in total. The van der Waals surface area contributed by atoms with E-state index in [9.17, 15) is 4.79 Å². The summed E-state index contributed by atoms with van der Waals surface area (Å²) in [6.45, 7) is 8.00. The van der Waals surface area contributed by atoms with Crippen LogP contribution in [-0.2, 0) is 0 Å². The average Bonchev–Trinajstić information content (AvgIpc) is 2.25. The van der Waals surface area contributed by atoms with Crippen LogP contribution in [0.5, 0.6) is 0 Å². The monoisotopic (exact) mass is 167 g/mol. The molecular formula is C10H17NO. The first-order valence-corrected chi connectivity index (χ1v) is 4.28. The highest BCUT2D eigenvalue weighted by Gasteiger charge is 1.81. The van der Waals surface area contributed by atoms with Crippen molar-refractivity contribution >= 4 is 6.29 Å². The minimum atomic E-state index is 0.618. The Hall–Kier alpha value is -1.18. The zero-order valence-corrected chi connectivity index (χ0v) is 8.24. The zero-order chi connectivity index (χ0) is 9.82. The summed E-state index contributed by atoms with van der Waals surface area (Å²) in [5.41, 5.74) is 0.618. The van der Waals surface area contributed by atoms with Gasteiger partial charge in [-0.05, 0) is 12.1 Å². The van der Waals surface area contributed by atoms with E-state index in [0.717, 1.165) is 6.29 Å². The van der Waals surface area contributed by atoms with E-state index in [4.69, 9.17) is 0 Å². The molecule has 0 aliphatic heterocycles. The zero-order valence-electron chi connectivity index (χ0n) is 8.24. The normalized spacial score (nSPS) is 6.67. The summed E-state index contributed by atoms with van der Waals surface area (Å²) in [6, 6.07) is 3.43. The van der Waals surface area contributed by atoms with Crippen LogP contribution in [0.15, 0.2) is 24.5 Å². The lowest BCUT2D eigenvalue weighted by Gasteiger charge is -1.81. The fourth-order valence-electron chi connectivity index (χ4n) is 0.446. The average molecular weight is 167 g/mol. The van der Waals surface area contributed by atoms with Gasteiger partial charge in [0, 0.05) is 18.0 Å². The van der Waals surface area contributed by atoms with Crippen LogP contribution in [0.3, 0.4) is 0 Å². The summed E-state index contributed by atoms with van der Waals surface area (Å²) in [4.78, 5) is 13.7. The number of rotatable bonds is 1. The van der Waals surface area contributed by atoms with E-state index in [1.165, 1.54) is 6.20 Å². The maximum atomic E-state index is 9.97. The molecule has 2 heteroatoms. The summed E-state index contributed by atoms with van der Waals surface area (Å²) < 4.78 is 0. The van der Waals surface area contributed by atoms with Crippen molar-refractivity contribution in [3.63, 3.8) is 0 Å². The molecule has 12 heavy (non-hydrogen) atoms. The molecule has 68 valence electrons. The molecular weight excluding hydrogens is 150 g/mol. The Bertz CT molecular complexity index is 172. The Morgan fingerprint density at radius 1 is 1.25 bits per heavy atom. The molecule has 0 aromatic carbocycles. The van der Waals surface area contributed by atoms with E-state index < -0.39 is 0 Å². The van der Waals surface area contributed by atoms with Gasteiger partial charge in [-0.25, -0.2) is 0 Å². The first-order valence-electron chi connectivity index (χ1n) is 4.28. The van der Waals surface area contributed by atoms with E-state index in [-0.39, 0.29) is 0 Å². The fourth-order valence-corrected chi connectivity index (χ4v) is 0.446. The number of aromatic nitrogens is 1. The van der Waals surface area contributed by atoms with Crippen molar-refractivity contribution in [2.45, 2.75) is 27.7 Å². The summed E-state index contributed by atoms with van der Waals surface area (Å²) in [7, 11) is 0. The predicted molar refractivity (Wildman–Crippen MR) is 52.3 cm³/mol. The highest BCUT2D eigenvalue weighted by molar-refractivity contribution is 5.73. The van der Waals surface area contributed by atoms with Crippen molar-refractivity contribution in [2.24, 2.45) is 0 Å². The minimum Gasteiger partial charge on any atom is -0.298 e. The predicted octanol–water partition coefficient (Wildman–Crippen LogP) is 2.95. The van der Waals surface area contributed by atoms with Crippen LogP contribution in [0.1, 0.15) is 38.1 Å². The lowest BCUT2D eigenvalue weighted by molar-refractivity contribution is 0.112. The third-order valence-electron chi connectivity index (χ3n) is 0.820. The second kappa shape index (κ2) is 12.5. The SMILES string of the molecule is CC.CC.O=Cc1cccnc1. The molecule has 0 saturated carbocycles. The molecule has 0 saturated heterocycles. The van der Waals surface area contributed by atoms with Crippen molar-refractivity contribution < 1.29 is 4.79 Å². The molecule has 0 aliphatic rings. The van der Waals surface area contributed by atoms with Gasteiger partial charge in [-0.15, -0.1) is 0 Å². The number of pyridine rings is 1. The van der Waals surface area contributed by atoms with Crippen molar-refractivity contribution in [3.8, 4) is 0 Å². The maximum absolute atomic E-state index is 9.97. The summed E-state index contributed by atoms with van der Waals surface area (Å²) >= 11 is 0.